The summed E-state index contributed by atoms with van der Waals surface area (Å²) >= 11 is 0. The zero-order valence-corrected chi connectivity index (χ0v) is 14.8. The third-order valence-electron chi connectivity index (χ3n) is 5.14. The van der Waals surface area contributed by atoms with Gasteiger partial charge in [0.2, 0.25) is 5.91 Å². The first kappa shape index (κ1) is 17.6. The maximum Gasteiger partial charge on any atom is 0.309 e. The van der Waals surface area contributed by atoms with Gasteiger partial charge in [0.1, 0.15) is 5.82 Å². The van der Waals surface area contributed by atoms with E-state index in [0.29, 0.717) is 32.5 Å². The van der Waals surface area contributed by atoms with Crippen LogP contribution in [-0.2, 0) is 14.3 Å². The number of nitrogens with zero attached hydrogens (tertiary/aromatic N) is 4. The van der Waals surface area contributed by atoms with Crippen molar-refractivity contribution >= 4 is 17.7 Å². The van der Waals surface area contributed by atoms with E-state index in [9.17, 15) is 9.59 Å². The molecule has 0 unspecified atom stereocenters. The average molecular weight is 346 g/mol. The molecule has 2 saturated heterocycles. The van der Waals surface area contributed by atoms with E-state index in [2.05, 4.69) is 14.9 Å². The quantitative estimate of drug-likeness (QED) is 0.769. The Morgan fingerprint density at radius 3 is 2.36 bits per heavy atom. The highest BCUT2D eigenvalue weighted by Gasteiger charge is 2.33. The molecule has 0 spiro atoms. The molecule has 0 aliphatic carbocycles. The molecule has 1 aromatic rings. The topological polar surface area (TPSA) is 75.6 Å². The van der Waals surface area contributed by atoms with Crippen LogP contribution >= 0.6 is 0 Å². The number of esters is 1. The lowest BCUT2D eigenvalue weighted by Gasteiger charge is -2.37. The van der Waals surface area contributed by atoms with E-state index < -0.39 is 0 Å². The number of rotatable bonds is 4. The van der Waals surface area contributed by atoms with Crippen LogP contribution in [0.2, 0.25) is 0 Å². The van der Waals surface area contributed by atoms with E-state index in [4.69, 9.17) is 4.74 Å². The van der Waals surface area contributed by atoms with Gasteiger partial charge in [-0.05, 0) is 32.6 Å². The second-order valence-electron chi connectivity index (χ2n) is 6.68. The van der Waals surface area contributed by atoms with E-state index in [1.54, 1.807) is 18.6 Å². The molecule has 1 amide bonds. The Morgan fingerprint density at radius 2 is 1.76 bits per heavy atom. The largest absolute Gasteiger partial charge is 0.466 e. The molecule has 0 atom stereocenters. The number of piperidine rings is 2. The number of aromatic nitrogens is 2. The molecule has 7 nitrogen and oxygen atoms in total. The average Bonchev–Trinajstić information content (AvgIpc) is 2.68. The molecule has 1 aromatic heterocycles. The molecule has 0 radical (unpaired) electrons. The molecular formula is C18H26N4O3. The van der Waals surface area contributed by atoms with Crippen molar-refractivity contribution in [3.8, 4) is 0 Å². The lowest BCUT2D eigenvalue weighted by atomic mass is 9.92. The normalized spacial score (nSPS) is 19.7. The van der Waals surface area contributed by atoms with Crippen molar-refractivity contribution in [2.45, 2.75) is 32.6 Å². The van der Waals surface area contributed by atoms with Crippen LogP contribution < -0.4 is 4.90 Å². The molecule has 0 aromatic carbocycles. The van der Waals surface area contributed by atoms with Crippen LogP contribution in [0.15, 0.2) is 18.6 Å². The fraction of sp³-hybridized carbons (Fsp3) is 0.667. The number of likely N-dealkylation sites (tertiary alicyclic amines) is 1. The lowest BCUT2D eigenvalue weighted by Crippen LogP contribution is -2.46. The van der Waals surface area contributed by atoms with Gasteiger partial charge in [-0.3, -0.25) is 14.6 Å². The Kier molecular flexibility index (Phi) is 5.83. The zero-order chi connectivity index (χ0) is 17.6. The minimum atomic E-state index is -0.119. The van der Waals surface area contributed by atoms with Crippen molar-refractivity contribution < 1.29 is 14.3 Å². The predicted molar refractivity (Wildman–Crippen MR) is 92.9 cm³/mol. The van der Waals surface area contributed by atoms with E-state index in [-0.39, 0.29) is 23.7 Å². The fourth-order valence-electron chi connectivity index (χ4n) is 3.66. The summed E-state index contributed by atoms with van der Waals surface area (Å²) in [5, 5.41) is 0. The molecule has 136 valence electrons. The monoisotopic (exact) mass is 346 g/mol. The van der Waals surface area contributed by atoms with E-state index >= 15 is 0 Å². The number of amides is 1. The lowest BCUT2D eigenvalue weighted by molar-refractivity contribution is -0.151. The van der Waals surface area contributed by atoms with Crippen molar-refractivity contribution in [1.82, 2.24) is 14.9 Å². The molecule has 2 fully saturated rings. The highest BCUT2D eigenvalue weighted by Crippen LogP contribution is 2.26. The van der Waals surface area contributed by atoms with Gasteiger partial charge in [0.15, 0.2) is 0 Å². The summed E-state index contributed by atoms with van der Waals surface area (Å²) in [4.78, 5) is 37.1. The highest BCUT2D eigenvalue weighted by molar-refractivity contribution is 5.80. The summed E-state index contributed by atoms with van der Waals surface area (Å²) in [6.45, 7) is 5.22. The predicted octanol–water partition coefficient (Wildman–Crippen LogP) is 1.49. The van der Waals surface area contributed by atoms with Gasteiger partial charge < -0.3 is 14.5 Å². The van der Waals surface area contributed by atoms with Gasteiger partial charge in [-0.15, -0.1) is 0 Å². The van der Waals surface area contributed by atoms with Crippen molar-refractivity contribution in [1.29, 1.82) is 0 Å². The fourth-order valence-corrected chi connectivity index (χ4v) is 3.66. The molecule has 7 heteroatoms. The van der Waals surface area contributed by atoms with Gasteiger partial charge in [0.05, 0.1) is 18.7 Å². The molecule has 25 heavy (non-hydrogen) atoms. The Hall–Kier alpha value is -2.18. The minimum absolute atomic E-state index is 0.0532. The van der Waals surface area contributed by atoms with Gasteiger partial charge in [-0.2, -0.15) is 0 Å². The third kappa shape index (κ3) is 4.27. The number of anilines is 1. The highest BCUT2D eigenvalue weighted by atomic mass is 16.5. The summed E-state index contributed by atoms with van der Waals surface area (Å²) in [6.07, 6.45) is 8.23. The van der Waals surface area contributed by atoms with Gasteiger partial charge in [-0.1, -0.05) is 0 Å². The first-order chi connectivity index (χ1) is 12.2. The Labute approximate surface area is 148 Å². The van der Waals surface area contributed by atoms with Crippen molar-refractivity contribution in [2.24, 2.45) is 11.8 Å². The molecule has 3 heterocycles. The maximum absolute atomic E-state index is 12.8. The smallest absolute Gasteiger partial charge is 0.309 e. The molecule has 0 saturated carbocycles. The van der Waals surface area contributed by atoms with Crippen LogP contribution in [0.4, 0.5) is 5.82 Å². The molecule has 0 N–H and O–H groups in total. The number of hydrogen-bond donors (Lipinski definition) is 0. The Bertz CT molecular complexity index is 579. The molecule has 3 rings (SSSR count). The van der Waals surface area contributed by atoms with Crippen LogP contribution in [0.3, 0.4) is 0 Å². The Balaban J connectivity index is 1.46. The van der Waals surface area contributed by atoms with Crippen molar-refractivity contribution in [3.05, 3.63) is 18.6 Å². The zero-order valence-electron chi connectivity index (χ0n) is 14.8. The standard InChI is InChI=1S/C18H26N4O3/c1-2-25-18(24)15-5-11-22(12-6-15)17(23)14-3-9-21(10-4-14)16-13-19-7-8-20-16/h7-8,13-15H,2-6,9-12H2,1H3. The van der Waals surface area contributed by atoms with Crippen molar-refractivity contribution in [3.63, 3.8) is 0 Å². The van der Waals surface area contributed by atoms with Crippen LogP contribution in [0.25, 0.3) is 0 Å². The second-order valence-corrected chi connectivity index (χ2v) is 6.68. The van der Waals surface area contributed by atoms with E-state index in [0.717, 1.165) is 31.7 Å². The van der Waals surface area contributed by atoms with Gasteiger partial charge in [-0.25, -0.2) is 4.98 Å². The van der Waals surface area contributed by atoms with Gasteiger partial charge >= 0.3 is 5.97 Å². The van der Waals surface area contributed by atoms with Gasteiger partial charge in [0, 0.05) is 44.5 Å². The molecule has 0 bridgehead atoms. The third-order valence-corrected chi connectivity index (χ3v) is 5.14. The molecular weight excluding hydrogens is 320 g/mol. The van der Waals surface area contributed by atoms with Crippen LogP contribution in [-0.4, -0.2) is 59.5 Å². The maximum atomic E-state index is 12.8. The SMILES string of the molecule is CCOC(=O)C1CCN(C(=O)C2CCN(c3cnccn3)CC2)CC1. The number of ether oxygens (including phenoxy) is 1. The Morgan fingerprint density at radius 1 is 1.08 bits per heavy atom. The molecule has 2 aliphatic heterocycles. The summed E-state index contributed by atoms with van der Waals surface area (Å²) < 4.78 is 5.09. The van der Waals surface area contributed by atoms with Crippen LogP contribution in [0.5, 0.6) is 0 Å². The number of carbonyl (C=O) groups is 2. The first-order valence-corrected chi connectivity index (χ1v) is 9.15. The number of carbonyl (C=O) groups excluding carboxylic acids is 2. The summed E-state index contributed by atoms with van der Waals surface area (Å²) in [5.41, 5.74) is 0. The summed E-state index contributed by atoms with van der Waals surface area (Å²) in [6, 6.07) is 0. The van der Waals surface area contributed by atoms with E-state index in [1.807, 2.05) is 11.8 Å². The van der Waals surface area contributed by atoms with Gasteiger partial charge in [0.25, 0.3) is 0 Å². The first-order valence-electron chi connectivity index (χ1n) is 9.15. The van der Waals surface area contributed by atoms with Crippen LogP contribution in [0, 0.1) is 11.8 Å². The second kappa shape index (κ2) is 8.27. The van der Waals surface area contributed by atoms with Crippen LogP contribution in [0.1, 0.15) is 32.6 Å². The summed E-state index contributed by atoms with van der Waals surface area (Å²) in [5.74, 6) is 1.02. The van der Waals surface area contributed by atoms with Crippen molar-refractivity contribution in [2.75, 3.05) is 37.7 Å². The molecule has 2 aliphatic rings. The number of hydrogen-bond acceptors (Lipinski definition) is 6. The van der Waals surface area contributed by atoms with E-state index in [1.165, 1.54) is 0 Å². The summed E-state index contributed by atoms with van der Waals surface area (Å²) in [7, 11) is 0. The minimum Gasteiger partial charge on any atom is -0.466 e.